The first kappa shape index (κ1) is 63.3. The van der Waals surface area contributed by atoms with E-state index in [4.69, 9.17) is 38.2 Å². The summed E-state index contributed by atoms with van der Waals surface area (Å²) < 4.78 is 10.3. The number of benzene rings is 8. The van der Waals surface area contributed by atoms with E-state index in [0.29, 0.717) is 0 Å². The quantitative estimate of drug-likeness (QED) is 0.126. The van der Waals surface area contributed by atoms with E-state index >= 15 is 0 Å². The monoisotopic (exact) mass is 1400 g/mol. The number of rotatable bonds is 4. The zero-order valence-electron chi connectivity index (χ0n) is 34.9. The summed E-state index contributed by atoms with van der Waals surface area (Å²) in [6, 6.07) is 68.5. The molecule has 0 atom stereocenters. The van der Waals surface area contributed by atoms with Gasteiger partial charge in [0.25, 0.3) is 0 Å². The van der Waals surface area contributed by atoms with Gasteiger partial charge < -0.3 is 38.2 Å². The Hall–Kier alpha value is -6.04. The van der Waals surface area contributed by atoms with Crippen molar-refractivity contribution in [1.82, 2.24) is 0 Å². The van der Waals surface area contributed by atoms with E-state index in [-0.39, 0.29) is 63.2 Å². The van der Waals surface area contributed by atoms with E-state index < -0.39 is 0 Å². The third-order valence-electron chi connectivity index (χ3n) is 8.75. The minimum atomic E-state index is 0. The zero-order valence-corrected chi connectivity index (χ0v) is 41.8. The molecule has 11 heteroatoms. The first-order valence-corrected chi connectivity index (χ1v) is 18.0. The van der Waals surface area contributed by atoms with Gasteiger partial charge in [0.15, 0.2) is 0 Å². The molecule has 1 aliphatic rings. The molecule has 0 N–H and O–H groups in total. The van der Waals surface area contributed by atoms with Crippen molar-refractivity contribution in [3.8, 4) is 44.9 Å². The van der Waals surface area contributed by atoms with Gasteiger partial charge in [0.1, 0.15) is 0 Å². The van der Waals surface area contributed by atoms with Crippen LogP contribution in [0.1, 0.15) is 11.1 Å². The minimum absolute atomic E-state index is 0. The fourth-order valence-corrected chi connectivity index (χ4v) is 6.12. The van der Waals surface area contributed by atoms with Gasteiger partial charge in [-0.05, 0) is 0 Å². The minimum Gasteiger partial charge on any atom is -0.545 e. The Bertz CT molecular complexity index is 2330. The van der Waals surface area contributed by atoms with Crippen LogP contribution < -0.4 is 9.47 Å². The summed E-state index contributed by atoms with van der Waals surface area (Å²) in [5, 5.41) is 4.92. The summed E-state index contributed by atoms with van der Waals surface area (Å²) in [6.45, 7) is 19.5. The number of ether oxygens (including phenoxy) is 2. The van der Waals surface area contributed by atoms with Gasteiger partial charge in [-0.1, -0.05) is 61.4 Å². The molecule has 0 saturated heterocycles. The topological polar surface area (TPSA) is 121 Å². The largest absolute Gasteiger partial charge is 4.00 e. The Morgan fingerprint density at radius 3 is 1.03 bits per heavy atom. The molecule has 0 amide bonds. The van der Waals surface area contributed by atoms with Gasteiger partial charge in [0, 0.05) is 11.5 Å². The second-order valence-electron chi connectivity index (χ2n) is 11.9. The van der Waals surface area contributed by atoms with E-state index in [1.807, 2.05) is 60.7 Å². The first-order chi connectivity index (χ1) is 30.7. The molecule has 0 aliphatic heterocycles. The number of hydrogen-bond acceptors (Lipinski definition) is 8. The van der Waals surface area contributed by atoms with Crippen LogP contribution in [0.4, 0.5) is 0 Å². The van der Waals surface area contributed by atoms with Crippen molar-refractivity contribution in [2.75, 3.05) is 14.2 Å². The summed E-state index contributed by atoms with van der Waals surface area (Å²) in [4.78, 5) is 46.5. The first-order valence-electron chi connectivity index (χ1n) is 18.0. The standard InChI is InChI=1S/C20H12.C14H12O2.C14H10.6CHO.3Pt/c1-3-7-17-13-19(11-9-15(17)5-1)20-12-10-16-6-2-4-8-18(16)14-20;1-15-13-7-3-5-11(9-13)12-6-4-8-14(10-12)16-2;1-3-7-13-11(5-1)9-10-12-6-2-4-8-14(12)13;6*1-2;;;/h1-10,13-14H;3-4,7-10H,1-2H3;1-6H,9-10H2;6*1H;;;/q3*-2;6*-1;3*+4. The Balaban J connectivity index is -0.000000786. The molecular formula is C54H40O8Pt3. The Morgan fingerprint density at radius 1 is 0.369 bits per heavy atom. The Kier molecular flexibility index (Phi) is 37.4. The van der Waals surface area contributed by atoms with Crippen molar-refractivity contribution in [1.29, 1.82) is 0 Å². The molecular weight excluding hydrogens is 1360 g/mol. The van der Waals surface area contributed by atoms with Crippen molar-refractivity contribution in [2.24, 2.45) is 0 Å². The van der Waals surface area contributed by atoms with Gasteiger partial charge in [-0.15, -0.1) is 70.1 Å². The number of methoxy groups -OCH3 is 2. The van der Waals surface area contributed by atoms with Crippen LogP contribution in [0.3, 0.4) is 0 Å². The molecule has 8 aromatic carbocycles. The predicted molar refractivity (Wildman–Crippen MR) is 245 cm³/mol. The molecule has 0 radical (unpaired) electrons. The predicted octanol–water partition coefficient (Wildman–Crippen LogP) is 9.63. The maximum Gasteiger partial charge on any atom is 4.00 e. The van der Waals surface area contributed by atoms with Crippen LogP contribution in [0.2, 0.25) is 0 Å². The molecule has 65 heavy (non-hydrogen) atoms. The van der Waals surface area contributed by atoms with Crippen LogP contribution in [0.25, 0.3) is 54.9 Å². The summed E-state index contributed by atoms with van der Waals surface area (Å²) in [7, 11) is 3.29. The number of aryl methyl sites for hydroxylation is 2. The molecule has 0 bridgehead atoms. The second kappa shape index (κ2) is 38.4. The third kappa shape index (κ3) is 19.3. The zero-order chi connectivity index (χ0) is 46.1. The number of hydrogen-bond donors (Lipinski definition) is 0. The fourth-order valence-electron chi connectivity index (χ4n) is 6.12. The van der Waals surface area contributed by atoms with Crippen molar-refractivity contribution in [2.45, 2.75) is 12.8 Å². The van der Waals surface area contributed by atoms with Gasteiger partial charge in [0.05, 0.1) is 14.2 Å². The number of carbonyl (C=O) groups excluding carboxylic acids is 6. The summed E-state index contributed by atoms with van der Waals surface area (Å²) in [5.74, 6) is 1.62. The smallest absolute Gasteiger partial charge is 0.545 e. The molecule has 8 aromatic rings. The van der Waals surface area contributed by atoms with Crippen LogP contribution in [0, 0.1) is 36.4 Å². The molecule has 1 aliphatic carbocycles. The summed E-state index contributed by atoms with van der Waals surface area (Å²) >= 11 is 0. The van der Waals surface area contributed by atoms with Crippen molar-refractivity contribution in [3.63, 3.8) is 0 Å². The van der Waals surface area contributed by atoms with E-state index in [1.54, 1.807) is 14.2 Å². The maximum absolute atomic E-state index is 7.75. The van der Waals surface area contributed by atoms with Gasteiger partial charge in [-0.25, -0.2) is 33.4 Å². The SMILES string of the molecule is COc1cc[c-]c(-c2[c-]ccc(OC)c2)c1.[CH-]=O.[CH-]=O.[CH-]=O.[CH-]=O.[CH-]=O.[CH-]=O.[Pt+4].[Pt+4].[Pt+4].[c-]1cc2ccccc2cc1-c1[c-]cc2ccccc2c1.[c-]1cccc2c1-c1[c-]cccc1CC2. The van der Waals surface area contributed by atoms with Crippen molar-refractivity contribution in [3.05, 3.63) is 193 Å². The molecule has 0 saturated carbocycles. The van der Waals surface area contributed by atoms with Gasteiger partial charge in [-0.3, -0.25) is 40.7 Å². The maximum atomic E-state index is 7.75. The van der Waals surface area contributed by atoms with Crippen LogP contribution in [0.15, 0.2) is 146 Å². The Morgan fingerprint density at radius 2 is 0.692 bits per heavy atom. The molecule has 9 rings (SSSR count). The second-order valence-corrected chi connectivity index (χ2v) is 11.9. The average molecular weight is 1400 g/mol. The van der Waals surface area contributed by atoms with Crippen LogP contribution in [0.5, 0.6) is 11.5 Å². The van der Waals surface area contributed by atoms with Gasteiger partial charge in [-0.2, -0.15) is 96.1 Å². The van der Waals surface area contributed by atoms with E-state index in [1.165, 1.54) is 43.8 Å². The van der Waals surface area contributed by atoms with Crippen LogP contribution in [-0.2, 0) is 105 Å². The summed E-state index contributed by atoms with van der Waals surface area (Å²) in [6.07, 6.45) is 2.27. The third-order valence-corrected chi connectivity index (χ3v) is 8.75. The molecule has 0 heterocycles. The molecule has 0 spiro atoms. The average Bonchev–Trinajstić information content (AvgIpc) is 3.40. The molecule has 0 unspecified atom stereocenters. The van der Waals surface area contributed by atoms with E-state index in [9.17, 15) is 0 Å². The fraction of sp³-hybridized carbons (Fsp3) is 0.0741. The molecule has 334 valence electrons. The van der Waals surface area contributed by atoms with E-state index in [0.717, 1.165) is 46.6 Å². The van der Waals surface area contributed by atoms with Crippen molar-refractivity contribution >= 4 is 62.3 Å². The van der Waals surface area contributed by atoms with E-state index in [2.05, 4.69) is 162 Å². The Labute approximate surface area is 425 Å². The normalized spacial score (nSPS) is 9.02. The molecule has 0 fully saturated rings. The van der Waals surface area contributed by atoms with Gasteiger partial charge >= 0.3 is 63.2 Å². The number of fused-ring (bicyclic) bond motifs is 5. The molecule has 8 nitrogen and oxygen atoms in total. The van der Waals surface area contributed by atoms with Gasteiger partial charge in [0.2, 0.25) is 0 Å². The molecule has 0 aromatic heterocycles. The summed E-state index contributed by atoms with van der Waals surface area (Å²) in [5.41, 5.74) is 9.37. The van der Waals surface area contributed by atoms with Crippen molar-refractivity contribution < 1.29 is 101 Å². The van der Waals surface area contributed by atoms with Crippen LogP contribution in [-0.4, -0.2) is 55.0 Å². The van der Waals surface area contributed by atoms with Crippen LogP contribution >= 0.6 is 0 Å².